The molecular weight excluding hydrogens is 2070 g/mol. The first kappa shape index (κ1) is 111. The Morgan fingerprint density at radius 3 is 1.09 bits per heavy atom. The number of sulfonamides is 3. The summed E-state index contributed by atoms with van der Waals surface area (Å²) in [4.78, 5) is 60.2. The lowest BCUT2D eigenvalue weighted by Crippen LogP contribution is -2.56. The molecule has 8 heterocycles. The van der Waals surface area contributed by atoms with E-state index >= 15 is 0 Å². The molecule has 148 heavy (non-hydrogen) atoms. The van der Waals surface area contributed by atoms with Crippen LogP contribution in [0.4, 0.5) is 43.3 Å². The normalized spacial score (nSPS) is 19.7. The Labute approximate surface area is 888 Å². The van der Waals surface area contributed by atoms with Gasteiger partial charge in [-0.15, -0.1) is 45.3 Å². The maximum atomic E-state index is 14.1. The number of fused-ring (bicyclic) bond motifs is 4. The van der Waals surface area contributed by atoms with Crippen LogP contribution < -0.4 is 85.6 Å². The van der Waals surface area contributed by atoms with Crippen molar-refractivity contribution >= 4 is 150 Å². The average molecular weight is 2210 g/mol. The number of thiazole rings is 4. The predicted octanol–water partition coefficient (Wildman–Crippen LogP) is 16.8. The summed E-state index contributed by atoms with van der Waals surface area (Å²) in [6.45, 7) is 3.21. The third kappa shape index (κ3) is 26.1. The number of amides is 2. The molecule has 0 spiro atoms. The maximum absolute atomic E-state index is 14.1. The standard InChI is InChI=1S/C28H34N4O6S2.C28H36N4O5S2.C19H26N4O3S2.C16H21ClN2O4S.C12H14N2O2S/c1-30(2)22-7-5-6-8-23(22)32-24-12-11-21(16-26(24)38-18-27(32)33)40(34,35)31(28-29-13-14-39-28)17-19-9-10-20(36-3)15-25(19)37-4;1-30(2)23-7-5-6-8-24(23)31-14-15-37-27-18-22(11-12-25(27)31)39(33,34)32(28-29-13-16-38-28)19-20-9-10-21(35-3)17-26(20)36-4;1-22(2)15-5-3-4-6-16(15)23-10-11-26-18-13-14(7-8-17(18)23)28(24,25)21-19-20-9-12-27-19;1-18(2)12-5-3-4-6-13(12)19-14-8-7-11(24(17,21)22)9-15(14)23-10-16(19)20;1-15-10-4-3-9(11(7-10)16-2)8-14-12-13-5-6-17-12/h9-16,22-23H,5-8,17-18H2,1-4H3;9-13,16-18,23-24H,5-8,14-15,19H2,1-4H3;7-9,12-13,15-16H,3-6,10-11H2,1-2H3,(H,20,21);7-9,12-13H,3-6,10H2,1-2H3;3-7H,8H2,1-2H3,(H,13,14)/t22-,23-;23-,24-;15-,16-;12-,13-;/m0000./s1. The number of carbonyl (C=O) groups is 2. The number of likely N-dealkylation sites (N-methyl/N-ethyl adjacent to an activating group) is 4. The summed E-state index contributed by atoms with van der Waals surface area (Å²) in [6, 6.07) is 38.2. The molecule has 8 atom stereocenters. The van der Waals surface area contributed by atoms with E-state index in [1.807, 2.05) is 74.9 Å². The first-order valence-corrected chi connectivity index (χ1v) is 59.2. The van der Waals surface area contributed by atoms with Crippen molar-refractivity contribution in [1.29, 1.82) is 0 Å². The number of carbonyl (C=O) groups excluding carboxylic acids is 2. The van der Waals surface area contributed by atoms with E-state index in [4.69, 9.17) is 58.1 Å². The Hall–Kier alpha value is -11.3. The first-order chi connectivity index (χ1) is 71.1. The Morgan fingerprint density at radius 2 is 0.716 bits per heavy atom. The van der Waals surface area contributed by atoms with E-state index in [2.05, 4.69) is 87.6 Å². The number of nitrogens with one attached hydrogen (secondary N) is 2. The van der Waals surface area contributed by atoms with Crippen molar-refractivity contribution in [2.24, 2.45) is 0 Å². The van der Waals surface area contributed by atoms with Crippen molar-refractivity contribution in [3.63, 3.8) is 0 Å². The molecule has 36 nitrogen and oxygen atoms in total. The number of benzene rings is 7. The molecule has 4 aliphatic heterocycles. The van der Waals surface area contributed by atoms with E-state index in [1.165, 1.54) is 100 Å². The van der Waals surface area contributed by atoms with E-state index in [9.17, 15) is 43.3 Å². The zero-order valence-corrected chi connectivity index (χ0v) is 92.9. The fourth-order valence-corrected chi connectivity index (χ4v) is 28.2. The van der Waals surface area contributed by atoms with Crippen molar-refractivity contribution < 1.29 is 90.6 Å². The molecular formula is C103H131ClN16O20S8. The second-order valence-electron chi connectivity index (χ2n) is 37.5. The molecule has 19 rings (SSSR count). The summed E-state index contributed by atoms with van der Waals surface area (Å²) in [7, 11) is 16.0. The van der Waals surface area contributed by atoms with Gasteiger partial charge in [0, 0.05) is 159 Å². The largest absolute Gasteiger partial charge is 0.497 e. The maximum Gasteiger partial charge on any atom is 0.266 e. The highest BCUT2D eigenvalue weighted by atomic mass is 35.7. The number of nitrogens with zero attached hydrogens (tertiary/aromatic N) is 14. The van der Waals surface area contributed by atoms with Crippen LogP contribution in [0, 0.1) is 0 Å². The van der Waals surface area contributed by atoms with Crippen LogP contribution in [0.5, 0.6) is 57.5 Å². The smallest absolute Gasteiger partial charge is 0.266 e. The van der Waals surface area contributed by atoms with Gasteiger partial charge in [0.25, 0.3) is 50.9 Å². The van der Waals surface area contributed by atoms with Crippen LogP contribution in [0.2, 0.25) is 0 Å². The summed E-state index contributed by atoms with van der Waals surface area (Å²) in [5.41, 5.74) is 5.59. The molecule has 7 aromatic carbocycles. The van der Waals surface area contributed by atoms with Gasteiger partial charge in [-0.1, -0.05) is 51.4 Å². The van der Waals surface area contributed by atoms with Gasteiger partial charge >= 0.3 is 0 Å². The van der Waals surface area contributed by atoms with Crippen molar-refractivity contribution in [3.05, 3.63) is 190 Å². The topological polar surface area (TPSA) is 371 Å². The van der Waals surface area contributed by atoms with Gasteiger partial charge in [-0.3, -0.25) is 14.3 Å². The van der Waals surface area contributed by atoms with Crippen LogP contribution in [0.1, 0.15) is 119 Å². The minimum atomic E-state index is -4.07. The molecule has 2 amide bonds. The van der Waals surface area contributed by atoms with Crippen molar-refractivity contribution in [1.82, 2.24) is 39.5 Å². The second kappa shape index (κ2) is 50.1. The van der Waals surface area contributed by atoms with Crippen LogP contribution >= 0.6 is 56.0 Å². The minimum Gasteiger partial charge on any atom is -0.497 e. The van der Waals surface area contributed by atoms with E-state index in [0.29, 0.717) is 128 Å². The summed E-state index contributed by atoms with van der Waals surface area (Å²) in [5.74, 6) is 5.68. The van der Waals surface area contributed by atoms with E-state index < -0.39 is 39.1 Å². The summed E-state index contributed by atoms with van der Waals surface area (Å²) in [5, 5.41) is 12.4. The lowest BCUT2D eigenvalue weighted by atomic mass is 9.87. The molecule has 45 heteroatoms. The van der Waals surface area contributed by atoms with Gasteiger partial charge in [0.05, 0.1) is 123 Å². The second-order valence-corrected chi connectivity index (χ2v) is 49.0. The monoisotopic (exact) mass is 2200 g/mol. The highest BCUT2D eigenvalue weighted by Crippen LogP contribution is 2.47. The zero-order valence-electron chi connectivity index (χ0n) is 85.6. The van der Waals surface area contributed by atoms with Gasteiger partial charge in [0.15, 0.2) is 33.7 Å². The third-order valence-corrected chi connectivity index (χ3v) is 37.4. The molecule has 798 valence electrons. The molecule has 2 N–H and O–H groups in total. The molecule has 4 aliphatic carbocycles. The van der Waals surface area contributed by atoms with Gasteiger partial charge < -0.3 is 91.9 Å². The van der Waals surface area contributed by atoms with Crippen LogP contribution in [-0.2, 0) is 68.3 Å². The molecule has 0 radical (unpaired) electrons. The van der Waals surface area contributed by atoms with E-state index in [1.54, 1.807) is 166 Å². The van der Waals surface area contributed by atoms with Crippen molar-refractivity contribution in [3.8, 4) is 57.5 Å². The number of rotatable bonds is 31. The fraction of sp³-hybridized carbons (Fsp3) is 0.456. The number of methoxy groups -OCH3 is 6. The molecule has 4 saturated carbocycles. The summed E-state index contributed by atoms with van der Waals surface area (Å²) in [6.07, 6.45) is 24.3. The lowest BCUT2D eigenvalue weighted by molar-refractivity contribution is -0.123. The van der Waals surface area contributed by atoms with Gasteiger partial charge in [-0.2, -0.15) is 0 Å². The Balaban J connectivity index is 0.000000142. The molecule has 8 aliphatic rings. The van der Waals surface area contributed by atoms with Crippen LogP contribution in [-0.4, -0.2) is 272 Å². The highest BCUT2D eigenvalue weighted by molar-refractivity contribution is 8.13. The number of aromatic nitrogens is 4. The van der Waals surface area contributed by atoms with Gasteiger partial charge in [-0.05, 0) is 193 Å². The molecule has 0 saturated heterocycles. The van der Waals surface area contributed by atoms with Crippen molar-refractivity contribution in [2.75, 3.05) is 177 Å². The molecule has 0 bridgehead atoms. The van der Waals surface area contributed by atoms with E-state index in [-0.39, 0.29) is 81.9 Å². The lowest BCUT2D eigenvalue weighted by Gasteiger charge is -2.45. The summed E-state index contributed by atoms with van der Waals surface area (Å²) >= 11 is 5.32. The molecule has 11 aromatic rings. The average Bonchev–Trinajstić information content (AvgIpc) is 1.19. The van der Waals surface area contributed by atoms with E-state index in [0.717, 1.165) is 117 Å². The number of ether oxygens (including phenoxy) is 10. The molecule has 0 unspecified atom stereocenters. The SMILES string of the molecule is CN(C)[C@H]1CCCC[C@@H]1N1C(=O)COc2cc(S(=O)(=O)Cl)ccc21.CN(C)[C@H]1CCCC[C@@H]1N1CCOc2cc(S(=O)(=O)Nc3nccs3)ccc21.COc1ccc(CN(c2nccs2)S(=O)(=O)c2ccc3c(c2)OCC(=O)N3[C@H]2CCCC[C@@H]2N(C)C)c(OC)c1.COc1ccc(CN(c2nccs2)S(=O)(=O)c2ccc3c(c2)OCCN3[C@H]2CCCC[C@@H]2N(C)C)c(OC)c1.COc1ccc(CNc2nccs2)c(OC)c1. The third-order valence-electron chi connectivity index (χ3n) is 27.8. The van der Waals surface area contributed by atoms with Gasteiger partial charge in [-0.25, -0.2) is 62.2 Å². The predicted molar refractivity (Wildman–Crippen MR) is 581 cm³/mol. The molecule has 4 aromatic heterocycles. The van der Waals surface area contributed by atoms with Crippen LogP contribution in [0.25, 0.3) is 0 Å². The van der Waals surface area contributed by atoms with Gasteiger partial charge in [0.2, 0.25) is 0 Å². The van der Waals surface area contributed by atoms with Crippen LogP contribution in [0.3, 0.4) is 0 Å². The summed E-state index contributed by atoms with van der Waals surface area (Å²) < 4.78 is 165. The Kier molecular flexibility index (Phi) is 37.5. The number of hydrogen-bond acceptors (Lipinski definition) is 35. The zero-order chi connectivity index (χ0) is 105. The number of halogens is 1. The highest BCUT2D eigenvalue weighted by Gasteiger charge is 2.44. The molecule has 4 fully saturated rings. The Morgan fingerprint density at radius 1 is 0.378 bits per heavy atom. The fourth-order valence-electron chi connectivity index (χ4n) is 20.6. The van der Waals surface area contributed by atoms with Crippen molar-refractivity contribution in [2.45, 2.75) is 190 Å². The number of anilines is 8. The first-order valence-electron chi connectivity index (χ1n) is 49.0. The Bertz CT molecular complexity index is 6790. The van der Waals surface area contributed by atoms with Crippen LogP contribution in [0.15, 0.2) is 193 Å². The number of hydrogen-bond donors (Lipinski definition) is 2. The quantitative estimate of drug-likeness (QED) is 0.0381. The van der Waals surface area contributed by atoms with Gasteiger partial charge in [0.1, 0.15) is 70.7 Å². The minimum absolute atomic E-state index is 0.00183.